The number of halogens is 3. The number of ether oxygens (including phenoxy) is 1. The Morgan fingerprint density at radius 2 is 2.00 bits per heavy atom. The van der Waals surface area contributed by atoms with Gasteiger partial charge in [-0.05, 0) is 24.3 Å². The second-order valence-electron chi connectivity index (χ2n) is 4.06. The number of nitrogens with zero attached hydrogens (tertiary/aromatic N) is 4. The van der Waals surface area contributed by atoms with E-state index in [2.05, 4.69) is 24.5 Å². The van der Waals surface area contributed by atoms with Gasteiger partial charge in [0, 0.05) is 22.8 Å². The fourth-order valence-corrected chi connectivity index (χ4v) is 3.07. The highest BCUT2D eigenvalue weighted by molar-refractivity contribution is 7.98. The summed E-state index contributed by atoms with van der Waals surface area (Å²) in [5, 5.41) is 12.0. The maximum absolute atomic E-state index is 12.1. The van der Waals surface area contributed by atoms with E-state index in [0.717, 1.165) is 11.5 Å². The van der Waals surface area contributed by atoms with Gasteiger partial charge in [0.05, 0.1) is 0 Å². The van der Waals surface area contributed by atoms with Gasteiger partial charge in [0.1, 0.15) is 15.8 Å². The molecule has 0 N–H and O–H groups in total. The summed E-state index contributed by atoms with van der Waals surface area (Å²) in [6, 6.07) is 5.92. The highest BCUT2D eigenvalue weighted by atomic mass is 35.5. The van der Waals surface area contributed by atoms with Gasteiger partial charge in [0.2, 0.25) is 5.89 Å². The van der Waals surface area contributed by atoms with Gasteiger partial charge in [-0.1, -0.05) is 27.9 Å². The number of benzene rings is 1. The van der Waals surface area contributed by atoms with E-state index in [4.69, 9.17) is 16.0 Å². The van der Waals surface area contributed by atoms with E-state index in [9.17, 15) is 8.78 Å². The van der Waals surface area contributed by atoms with Gasteiger partial charge in [-0.2, -0.15) is 8.78 Å². The standard InChI is InChI=1S/C12H7ClF2N4O2S2/c13-9-8(16-19-23-9)5-22-12-18-17-10(21-12)6-1-3-7(4-2-6)20-11(14)15/h1-4,11H,5H2. The van der Waals surface area contributed by atoms with Gasteiger partial charge in [-0.25, -0.2) is 0 Å². The first-order valence-electron chi connectivity index (χ1n) is 6.10. The molecule has 0 aliphatic carbocycles. The van der Waals surface area contributed by atoms with Crippen LogP contribution in [0.15, 0.2) is 33.9 Å². The lowest BCUT2D eigenvalue weighted by molar-refractivity contribution is -0.0498. The molecule has 120 valence electrons. The van der Waals surface area contributed by atoms with Crippen LogP contribution in [0.1, 0.15) is 5.69 Å². The maximum atomic E-state index is 12.1. The summed E-state index contributed by atoms with van der Waals surface area (Å²) >= 11 is 8.29. The molecule has 0 radical (unpaired) electrons. The number of hydrogen-bond acceptors (Lipinski definition) is 8. The van der Waals surface area contributed by atoms with Crippen LogP contribution in [0.4, 0.5) is 8.78 Å². The van der Waals surface area contributed by atoms with Crippen LogP contribution in [-0.4, -0.2) is 26.4 Å². The lowest BCUT2D eigenvalue weighted by Crippen LogP contribution is -2.01. The molecule has 0 spiro atoms. The molecule has 2 aromatic heterocycles. The summed E-state index contributed by atoms with van der Waals surface area (Å²) in [6.45, 7) is -2.86. The van der Waals surface area contributed by atoms with Crippen LogP contribution in [0.3, 0.4) is 0 Å². The van der Waals surface area contributed by atoms with E-state index >= 15 is 0 Å². The number of thioether (sulfide) groups is 1. The van der Waals surface area contributed by atoms with E-state index in [0.29, 0.717) is 26.6 Å². The van der Waals surface area contributed by atoms with Gasteiger partial charge in [-0.15, -0.1) is 15.3 Å². The Morgan fingerprint density at radius 3 is 2.65 bits per heavy atom. The Labute approximate surface area is 142 Å². The largest absolute Gasteiger partial charge is 0.435 e. The van der Waals surface area contributed by atoms with Gasteiger partial charge in [-0.3, -0.25) is 0 Å². The third-order valence-corrected chi connectivity index (χ3v) is 4.39. The van der Waals surface area contributed by atoms with Crippen LogP contribution in [0.2, 0.25) is 4.34 Å². The van der Waals surface area contributed by atoms with Crippen molar-refractivity contribution in [2.75, 3.05) is 0 Å². The Morgan fingerprint density at radius 1 is 1.22 bits per heavy atom. The Kier molecular flexibility index (Phi) is 5.03. The summed E-state index contributed by atoms with van der Waals surface area (Å²) < 4.78 is 38.2. The molecule has 0 atom stereocenters. The molecule has 23 heavy (non-hydrogen) atoms. The quantitative estimate of drug-likeness (QED) is 0.598. The predicted molar refractivity (Wildman–Crippen MR) is 80.8 cm³/mol. The van der Waals surface area contributed by atoms with Gasteiger partial charge in [0.25, 0.3) is 5.22 Å². The van der Waals surface area contributed by atoms with Crippen molar-refractivity contribution < 1.29 is 17.9 Å². The van der Waals surface area contributed by atoms with E-state index in [1.54, 1.807) is 12.1 Å². The Bertz CT molecular complexity index is 781. The second kappa shape index (κ2) is 7.20. The maximum Gasteiger partial charge on any atom is 0.387 e. The normalized spacial score (nSPS) is 11.1. The van der Waals surface area contributed by atoms with E-state index in [1.165, 1.54) is 23.9 Å². The van der Waals surface area contributed by atoms with Crippen LogP contribution in [0.25, 0.3) is 11.5 Å². The molecular weight excluding hydrogens is 370 g/mol. The molecule has 0 saturated heterocycles. The molecule has 11 heteroatoms. The van der Waals surface area contributed by atoms with Crippen LogP contribution in [-0.2, 0) is 5.75 Å². The zero-order valence-electron chi connectivity index (χ0n) is 11.1. The average Bonchev–Trinajstić information content (AvgIpc) is 3.14. The summed E-state index contributed by atoms with van der Waals surface area (Å²) in [7, 11) is 0. The third-order valence-electron chi connectivity index (χ3n) is 2.57. The first-order valence-corrected chi connectivity index (χ1v) is 8.24. The minimum absolute atomic E-state index is 0.0588. The smallest absolute Gasteiger partial charge is 0.387 e. The van der Waals surface area contributed by atoms with E-state index in [1.807, 2.05) is 0 Å². The zero-order chi connectivity index (χ0) is 16.2. The SMILES string of the molecule is FC(F)Oc1ccc(-c2nnc(SCc3nnsc3Cl)o2)cc1. The highest BCUT2D eigenvalue weighted by Gasteiger charge is 2.12. The minimum Gasteiger partial charge on any atom is -0.435 e. The van der Waals surface area contributed by atoms with Crippen molar-refractivity contribution in [1.82, 2.24) is 19.8 Å². The number of aromatic nitrogens is 4. The number of hydrogen-bond donors (Lipinski definition) is 0. The molecule has 0 amide bonds. The van der Waals surface area contributed by atoms with Crippen molar-refractivity contribution in [2.45, 2.75) is 17.6 Å². The molecule has 0 aliphatic rings. The summed E-state index contributed by atoms with van der Waals surface area (Å²) in [4.78, 5) is 0. The minimum atomic E-state index is -2.86. The monoisotopic (exact) mass is 376 g/mol. The van der Waals surface area contributed by atoms with Crippen LogP contribution in [0, 0.1) is 0 Å². The van der Waals surface area contributed by atoms with Gasteiger partial charge < -0.3 is 9.15 Å². The Balaban J connectivity index is 1.65. The average molecular weight is 377 g/mol. The summed E-state index contributed by atoms with van der Waals surface area (Å²) in [5.41, 5.74) is 1.24. The molecule has 0 bridgehead atoms. The fraction of sp³-hybridized carbons (Fsp3) is 0.167. The third kappa shape index (κ3) is 4.15. The van der Waals surface area contributed by atoms with Crippen LogP contribution < -0.4 is 4.74 Å². The summed E-state index contributed by atoms with van der Waals surface area (Å²) in [6.07, 6.45) is 0. The van der Waals surface area contributed by atoms with Crippen molar-refractivity contribution in [3.8, 4) is 17.2 Å². The van der Waals surface area contributed by atoms with Crippen molar-refractivity contribution in [1.29, 1.82) is 0 Å². The van der Waals surface area contributed by atoms with E-state index < -0.39 is 6.61 Å². The predicted octanol–water partition coefficient (Wildman–Crippen LogP) is 4.14. The van der Waals surface area contributed by atoms with Gasteiger partial charge >= 0.3 is 6.61 Å². The van der Waals surface area contributed by atoms with E-state index in [-0.39, 0.29) is 11.6 Å². The number of alkyl halides is 2. The second-order valence-corrected chi connectivity index (χ2v) is 6.34. The van der Waals surface area contributed by atoms with Crippen molar-refractivity contribution >= 4 is 34.9 Å². The topological polar surface area (TPSA) is 73.9 Å². The highest BCUT2D eigenvalue weighted by Crippen LogP contribution is 2.29. The molecule has 0 fully saturated rings. The molecule has 0 unspecified atom stereocenters. The molecule has 3 rings (SSSR count). The number of rotatable bonds is 6. The van der Waals surface area contributed by atoms with Crippen molar-refractivity contribution in [2.24, 2.45) is 0 Å². The first kappa shape index (κ1) is 16.1. The lowest BCUT2D eigenvalue weighted by atomic mass is 10.2. The lowest BCUT2D eigenvalue weighted by Gasteiger charge is -2.03. The molecule has 2 heterocycles. The van der Waals surface area contributed by atoms with Crippen LogP contribution in [0.5, 0.6) is 5.75 Å². The van der Waals surface area contributed by atoms with Crippen molar-refractivity contribution in [3.63, 3.8) is 0 Å². The molecule has 6 nitrogen and oxygen atoms in total. The van der Waals surface area contributed by atoms with Crippen molar-refractivity contribution in [3.05, 3.63) is 34.3 Å². The zero-order valence-corrected chi connectivity index (χ0v) is 13.5. The molecule has 0 aliphatic heterocycles. The Hall–Kier alpha value is -1.78. The molecule has 3 aromatic rings. The summed E-state index contributed by atoms with van der Waals surface area (Å²) in [5.74, 6) is 0.792. The molecule has 1 aromatic carbocycles. The fourth-order valence-electron chi connectivity index (χ4n) is 1.58. The van der Waals surface area contributed by atoms with Gasteiger partial charge in [0.15, 0.2) is 0 Å². The first-order chi connectivity index (χ1) is 11.1. The molecular formula is C12H7ClF2N4O2S2. The molecule has 0 saturated carbocycles. The van der Waals surface area contributed by atoms with Crippen LogP contribution >= 0.6 is 34.9 Å².